The van der Waals surface area contributed by atoms with E-state index in [0.717, 1.165) is 42.5 Å². The molecule has 1 aliphatic rings. The van der Waals surface area contributed by atoms with Crippen molar-refractivity contribution < 1.29 is 4.79 Å². The predicted molar refractivity (Wildman–Crippen MR) is 121 cm³/mol. The van der Waals surface area contributed by atoms with Crippen molar-refractivity contribution in [3.8, 4) is 11.4 Å². The minimum Gasteiger partial charge on any atom is -0.337 e. The Morgan fingerprint density at radius 3 is 2.70 bits per heavy atom. The molecule has 1 atom stereocenters. The average molecular weight is 421 g/mol. The quantitative estimate of drug-likeness (QED) is 0.541. The second-order valence-corrected chi connectivity index (χ2v) is 9.17. The Morgan fingerprint density at radius 1 is 1.13 bits per heavy atom. The molecule has 1 aliphatic heterocycles. The molecular weight excluding hydrogens is 392 g/mol. The topological polar surface area (TPSA) is 51.0 Å². The Labute approximate surface area is 182 Å². The van der Waals surface area contributed by atoms with E-state index in [0.29, 0.717) is 6.54 Å². The number of aryl methyl sites for hydroxylation is 1. The number of nitrogens with zero attached hydrogens (tertiary/aromatic N) is 4. The van der Waals surface area contributed by atoms with Crippen LogP contribution in [0.3, 0.4) is 0 Å². The van der Waals surface area contributed by atoms with E-state index in [9.17, 15) is 4.79 Å². The smallest absolute Gasteiger partial charge is 0.236 e. The van der Waals surface area contributed by atoms with E-state index < -0.39 is 0 Å². The average Bonchev–Trinajstić information content (AvgIpc) is 3.15. The van der Waals surface area contributed by atoms with Gasteiger partial charge in [0, 0.05) is 25.2 Å². The number of aromatic nitrogens is 3. The minimum absolute atomic E-state index is 0.164. The SMILES string of the molecule is CCCn1c(SC(C)C(=O)N2CCc3ccccc3C2)nnc1-c1cccc(C)c1. The summed E-state index contributed by atoms with van der Waals surface area (Å²) in [5.41, 5.74) is 4.87. The molecule has 156 valence electrons. The largest absolute Gasteiger partial charge is 0.337 e. The number of fused-ring (bicyclic) bond motifs is 1. The Hall–Kier alpha value is -2.60. The van der Waals surface area contributed by atoms with Gasteiger partial charge in [0.2, 0.25) is 5.91 Å². The fourth-order valence-electron chi connectivity index (χ4n) is 3.95. The van der Waals surface area contributed by atoms with Gasteiger partial charge in [-0.1, -0.05) is 66.7 Å². The normalized spacial score (nSPS) is 14.4. The van der Waals surface area contributed by atoms with Crippen LogP contribution in [-0.4, -0.2) is 37.4 Å². The molecule has 6 heteroatoms. The molecule has 0 bridgehead atoms. The molecule has 0 saturated carbocycles. The molecule has 1 amide bonds. The molecule has 2 aromatic carbocycles. The molecule has 0 saturated heterocycles. The molecule has 1 unspecified atom stereocenters. The van der Waals surface area contributed by atoms with E-state index >= 15 is 0 Å². The van der Waals surface area contributed by atoms with Crippen molar-refractivity contribution in [2.45, 2.75) is 57.1 Å². The van der Waals surface area contributed by atoms with Crippen molar-refractivity contribution in [2.75, 3.05) is 6.54 Å². The third-order valence-electron chi connectivity index (χ3n) is 5.51. The van der Waals surface area contributed by atoms with E-state index in [1.54, 1.807) is 0 Å². The summed E-state index contributed by atoms with van der Waals surface area (Å²) in [5.74, 6) is 1.03. The maximum absolute atomic E-state index is 13.2. The number of carbonyl (C=O) groups is 1. The van der Waals surface area contributed by atoms with Gasteiger partial charge in [-0.15, -0.1) is 10.2 Å². The second kappa shape index (κ2) is 9.04. The van der Waals surface area contributed by atoms with Gasteiger partial charge >= 0.3 is 0 Å². The van der Waals surface area contributed by atoms with Gasteiger partial charge in [-0.05, 0) is 43.9 Å². The monoisotopic (exact) mass is 420 g/mol. The first-order valence-electron chi connectivity index (χ1n) is 10.6. The molecule has 0 fully saturated rings. The van der Waals surface area contributed by atoms with E-state index in [2.05, 4.69) is 65.0 Å². The molecule has 0 spiro atoms. The summed E-state index contributed by atoms with van der Waals surface area (Å²) >= 11 is 1.51. The number of benzene rings is 2. The van der Waals surface area contributed by atoms with Gasteiger partial charge in [-0.25, -0.2) is 0 Å². The molecule has 0 radical (unpaired) electrons. The number of hydrogen-bond donors (Lipinski definition) is 0. The van der Waals surface area contributed by atoms with Crippen molar-refractivity contribution in [3.63, 3.8) is 0 Å². The Morgan fingerprint density at radius 2 is 1.93 bits per heavy atom. The summed E-state index contributed by atoms with van der Waals surface area (Å²) in [7, 11) is 0. The Bertz CT molecular complexity index is 1050. The van der Waals surface area contributed by atoms with Crippen LogP contribution in [0.4, 0.5) is 0 Å². The molecular formula is C24H28N4OS. The van der Waals surface area contributed by atoms with Crippen LogP contribution in [0.15, 0.2) is 53.7 Å². The van der Waals surface area contributed by atoms with Crippen molar-refractivity contribution in [3.05, 3.63) is 65.2 Å². The van der Waals surface area contributed by atoms with Crippen LogP contribution in [0, 0.1) is 6.92 Å². The lowest BCUT2D eigenvalue weighted by Gasteiger charge is -2.30. The maximum Gasteiger partial charge on any atom is 0.236 e. The number of amides is 1. The van der Waals surface area contributed by atoms with E-state index in [1.807, 2.05) is 24.0 Å². The standard InChI is InChI=1S/C24H28N4OS/c1-4-13-28-22(20-11-7-8-17(2)15-20)25-26-24(28)30-18(3)23(29)27-14-12-19-9-5-6-10-21(19)16-27/h5-11,15,18H,4,12-14,16H2,1-3H3. The molecule has 0 N–H and O–H groups in total. The van der Waals surface area contributed by atoms with Gasteiger partial charge < -0.3 is 9.47 Å². The fraction of sp³-hybridized carbons (Fsp3) is 0.375. The number of thioether (sulfide) groups is 1. The van der Waals surface area contributed by atoms with Gasteiger partial charge in [0.25, 0.3) is 0 Å². The van der Waals surface area contributed by atoms with Gasteiger partial charge in [0.15, 0.2) is 11.0 Å². The van der Waals surface area contributed by atoms with Crippen LogP contribution >= 0.6 is 11.8 Å². The summed E-state index contributed by atoms with van der Waals surface area (Å²) in [5, 5.41) is 9.52. The second-order valence-electron chi connectivity index (χ2n) is 7.87. The van der Waals surface area contributed by atoms with Crippen LogP contribution in [-0.2, 0) is 24.3 Å². The van der Waals surface area contributed by atoms with Gasteiger partial charge in [0.05, 0.1) is 5.25 Å². The highest BCUT2D eigenvalue weighted by Crippen LogP contribution is 2.29. The molecule has 3 aromatic rings. The molecule has 30 heavy (non-hydrogen) atoms. The van der Waals surface area contributed by atoms with Crippen LogP contribution in [0.5, 0.6) is 0 Å². The summed E-state index contributed by atoms with van der Waals surface area (Å²) in [6, 6.07) is 16.7. The first-order valence-corrected chi connectivity index (χ1v) is 11.5. The summed E-state index contributed by atoms with van der Waals surface area (Å²) in [6.07, 6.45) is 1.90. The maximum atomic E-state index is 13.2. The first-order chi connectivity index (χ1) is 14.6. The third kappa shape index (κ3) is 4.29. The zero-order chi connectivity index (χ0) is 21.1. The molecule has 2 heterocycles. The van der Waals surface area contributed by atoms with Gasteiger partial charge in [-0.3, -0.25) is 4.79 Å². The zero-order valence-electron chi connectivity index (χ0n) is 17.8. The first kappa shape index (κ1) is 20.7. The minimum atomic E-state index is -0.208. The van der Waals surface area contributed by atoms with E-state index in [4.69, 9.17) is 0 Å². The van der Waals surface area contributed by atoms with Crippen molar-refractivity contribution in [1.82, 2.24) is 19.7 Å². The van der Waals surface area contributed by atoms with Crippen LogP contribution in [0.2, 0.25) is 0 Å². The van der Waals surface area contributed by atoms with Gasteiger partial charge in [-0.2, -0.15) is 0 Å². The van der Waals surface area contributed by atoms with Gasteiger partial charge in [0.1, 0.15) is 0 Å². The van der Waals surface area contributed by atoms with E-state index in [1.165, 1.54) is 28.5 Å². The van der Waals surface area contributed by atoms with Crippen molar-refractivity contribution in [1.29, 1.82) is 0 Å². The van der Waals surface area contributed by atoms with E-state index in [-0.39, 0.29) is 11.2 Å². The number of rotatable bonds is 6. The highest BCUT2D eigenvalue weighted by Gasteiger charge is 2.27. The molecule has 5 nitrogen and oxygen atoms in total. The van der Waals surface area contributed by atoms with Crippen LogP contribution < -0.4 is 0 Å². The molecule has 0 aliphatic carbocycles. The lowest BCUT2D eigenvalue weighted by Crippen LogP contribution is -2.40. The Kier molecular flexibility index (Phi) is 6.23. The lowest BCUT2D eigenvalue weighted by atomic mass is 10.00. The third-order valence-corrected chi connectivity index (χ3v) is 6.58. The summed E-state index contributed by atoms with van der Waals surface area (Å²) < 4.78 is 2.15. The van der Waals surface area contributed by atoms with Crippen molar-refractivity contribution in [2.24, 2.45) is 0 Å². The summed E-state index contributed by atoms with van der Waals surface area (Å²) in [4.78, 5) is 15.1. The number of hydrogen-bond acceptors (Lipinski definition) is 4. The van der Waals surface area contributed by atoms with Crippen LogP contribution in [0.25, 0.3) is 11.4 Å². The fourth-order valence-corrected chi connectivity index (χ4v) is 4.91. The lowest BCUT2D eigenvalue weighted by molar-refractivity contribution is -0.131. The zero-order valence-corrected chi connectivity index (χ0v) is 18.7. The number of carbonyl (C=O) groups excluding carboxylic acids is 1. The predicted octanol–water partition coefficient (Wildman–Crippen LogP) is 4.73. The molecule has 4 rings (SSSR count). The highest BCUT2D eigenvalue weighted by atomic mass is 32.2. The highest BCUT2D eigenvalue weighted by molar-refractivity contribution is 8.00. The van der Waals surface area contributed by atoms with Crippen molar-refractivity contribution >= 4 is 17.7 Å². The molecule has 1 aromatic heterocycles. The Balaban J connectivity index is 1.52. The van der Waals surface area contributed by atoms with Crippen LogP contribution in [0.1, 0.15) is 37.0 Å². The summed E-state index contributed by atoms with van der Waals surface area (Å²) in [6.45, 7) is 8.50.